The number of benzene rings is 1. The minimum atomic E-state index is 0.0419. The quantitative estimate of drug-likeness (QED) is 0.939. The summed E-state index contributed by atoms with van der Waals surface area (Å²) < 4.78 is 0. The molecule has 1 aliphatic heterocycles. The Bertz CT molecular complexity index is 678. The molecule has 2 heterocycles. The number of carbonyl (C=O) groups is 1. The van der Waals surface area contributed by atoms with Gasteiger partial charge < -0.3 is 10.2 Å². The molecule has 1 atom stereocenters. The maximum Gasteiger partial charge on any atom is 0.273 e. The van der Waals surface area contributed by atoms with E-state index in [9.17, 15) is 4.79 Å². The molecule has 0 aliphatic carbocycles. The summed E-state index contributed by atoms with van der Waals surface area (Å²) in [5, 5.41) is 6.09. The number of piperazine rings is 1. The topological polar surface area (TPSA) is 45.2 Å². The van der Waals surface area contributed by atoms with Crippen molar-refractivity contribution in [3.05, 3.63) is 40.9 Å². The Kier molecular flexibility index (Phi) is 4.78. The molecule has 0 bridgehead atoms. The first kappa shape index (κ1) is 16.1. The van der Waals surface area contributed by atoms with Crippen LogP contribution in [0.5, 0.6) is 0 Å². The second kappa shape index (κ2) is 6.81. The van der Waals surface area contributed by atoms with Crippen molar-refractivity contribution >= 4 is 17.2 Å². The summed E-state index contributed by atoms with van der Waals surface area (Å²) in [6.45, 7) is 8.88. The third-order valence-corrected chi connectivity index (χ3v) is 5.20. The molecule has 5 heteroatoms. The van der Waals surface area contributed by atoms with Crippen LogP contribution in [-0.4, -0.2) is 41.5 Å². The minimum Gasteiger partial charge on any atom is -0.332 e. The summed E-state index contributed by atoms with van der Waals surface area (Å²) in [4.78, 5) is 19.1. The molecule has 1 aliphatic rings. The molecular formula is C18H23N3OS. The van der Waals surface area contributed by atoms with E-state index >= 15 is 0 Å². The SMILES string of the molecule is CC(C)c1ccc(-c2nc(C(=O)N3CCNCC3C)cs2)cc1. The zero-order valence-electron chi connectivity index (χ0n) is 13.9. The lowest BCUT2D eigenvalue weighted by molar-refractivity contribution is 0.0650. The summed E-state index contributed by atoms with van der Waals surface area (Å²) in [6, 6.07) is 8.68. The van der Waals surface area contributed by atoms with Crippen LogP contribution in [0.15, 0.2) is 29.6 Å². The molecule has 1 saturated heterocycles. The van der Waals surface area contributed by atoms with Crippen molar-refractivity contribution in [2.24, 2.45) is 0 Å². The van der Waals surface area contributed by atoms with Crippen molar-refractivity contribution in [3.63, 3.8) is 0 Å². The van der Waals surface area contributed by atoms with Crippen molar-refractivity contribution in [3.8, 4) is 10.6 Å². The first-order valence-corrected chi connectivity index (χ1v) is 9.01. The number of rotatable bonds is 3. The van der Waals surface area contributed by atoms with Crippen LogP contribution in [-0.2, 0) is 0 Å². The van der Waals surface area contributed by atoms with Gasteiger partial charge in [-0.05, 0) is 18.4 Å². The smallest absolute Gasteiger partial charge is 0.273 e. The monoisotopic (exact) mass is 329 g/mol. The van der Waals surface area contributed by atoms with E-state index in [1.165, 1.54) is 16.9 Å². The predicted octanol–water partition coefficient (Wildman–Crippen LogP) is 3.37. The molecule has 2 aromatic rings. The Morgan fingerprint density at radius 1 is 1.35 bits per heavy atom. The van der Waals surface area contributed by atoms with Crippen molar-refractivity contribution in [2.45, 2.75) is 32.7 Å². The van der Waals surface area contributed by atoms with E-state index in [0.29, 0.717) is 11.6 Å². The lowest BCUT2D eigenvalue weighted by Gasteiger charge is -2.33. The van der Waals surface area contributed by atoms with Gasteiger partial charge in [-0.15, -0.1) is 11.3 Å². The average Bonchev–Trinajstić information content (AvgIpc) is 3.05. The zero-order chi connectivity index (χ0) is 16.4. The Balaban J connectivity index is 1.78. The number of hydrogen-bond acceptors (Lipinski definition) is 4. The van der Waals surface area contributed by atoms with Crippen molar-refractivity contribution < 1.29 is 4.79 Å². The van der Waals surface area contributed by atoms with Gasteiger partial charge in [0.15, 0.2) is 0 Å². The molecule has 1 aromatic heterocycles. The molecule has 0 radical (unpaired) electrons. The highest BCUT2D eigenvalue weighted by Crippen LogP contribution is 2.26. The largest absolute Gasteiger partial charge is 0.332 e. The van der Waals surface area contributed by atoms with Crippen molar-refractivity contribution in [1.82, 2.24) is 15.2 Å². The fourth-order valence-electron chi connectivity index (χ4n) is 2.81. The third kappa shape index (κ3) is 3.46. The summed E-state index contributed by atoms with van der Waals surface area (Å²) in [5.41, 5.74) is 2.95. The van der Waals surface area contributed by atoms with Crippen LogP contribution in [0.3, 0.4) is 0 Å². The van der Waals surface area contributed by atoms with Gasteiger partial charge in [0.2, 0.25) is 0 Å². The third-order valence-electron chi connectivity index (χ3n) is 4.31. The summed E-state index contributed by atoms with van der Waals surface area (Å²) >= 11 is 1.54. The van der Waals surface area contributed by atoms with E-state index in [4.69, 9.17) is 0 Å². The second-order valence-electron chi connectivity index (χ2n) is 6.37. The van der Waals surface area contributed by atoms with Gasteiger partial charge in [0.25, 0.3) is 5.91 Å². The minimum absolute atomic E-state index is 0.0419. The van der Waals surface area contributed by atoms with Gasteiger partial charge in [0.05, 0.1) is 0 Å². The number of carbonyl (C=O) groups excluding carboxylic acids is 1. The van der Waals surface area contributed by atoms with Crippen LogP contribution >= 0.6 is 11.3 Å². The Morgan fingerprint density at radius 3 is 2.74 bits per heavy atom. The molecule has 3 rings (SSSR count). The summed E-state index contributed by atoms with van der Waals surface area (Å²) in [6.07, 6.45) is 0. The van der Waals surface area contributed by atoms with Crippen molar-refractivity contribution in [1.29, 1.82) is 0 Å². The molecule has 1 unspecified atom stereocenters. The molecule has 122 valence electrons. The highest BCUT2D eigenvalue weighted by Gasteiger charge is 2.25. The molecule has 23 heavy (non-hydrogen) atoms. The predicted molar refractivity (Wildman–Crippen MR) is 95.0 cm³/mol. The fourth-order valence-corrected chi connectivity index (χ4v) is 3.61. The molecule has 4 nitrogen and oxygen atoms in total. The van der Waals surface area contributed by atoms with Crippen LogP contribution in [0, 0.1) is 0 Å². The van der Waals surface area contributed by atoms with E-state index in [1.807, 2.05) is 10.3 Å². The number of hydrogen-bond donors (Lipinski definition) is 1. The number of aromatic nitrogens is 1. The highest BCUT2D eigenvalue weighted by molar-refractivity contribution is 7.13. The van der Waals surface area contributed by atoms with Gasteiger partial charge in [-0.2, -0.15) is 0 Å². The maximum atomic E-state index is 12.6. The highest BCUT2D eigenvalue weighted by atomic mass is 32.1. The van der Waals surface area contributed by atoms with Crippen LogP contribution in [0.25, 0.3) is 10.6 Å². The molecule has 1 fully saturated rings. The van der Waals surface area contributed by atoms with Gasteiger partial charge in [-0.1, -0.05) is 38.1 Å². The van der Waals surface area contributed by atoms with Gasteiger partial charge in [-0.3, -0.25) is 4.79 Å². The fraction of sp³-hybridized carbons (Fsp3) is 0.444. The van der Waals surface area contributed by atoms with E-state index in [0.717, 1.165) is 30.2 Å². The summed E-state index contributed by atoms with van der Waals surface area (Å²) in [5.74, 6) is 0.562. The number of amides is 1. The molecule has 1 N–H and O–H groups in total. The van der Waals surface area contributed by atoms with E-state index in [-0.39, 0.29) is 11.9 Å². The van der Waals surface area contributed by atoms with Crippen LogP contribution in [0.1, 0.15) is 42.7 Å². The van der Waals surface area contributed by atoms with E-state index < -0.39 is 0 Å². The molecule has 1 aromatic carbocycles. The Hall–Kier alpha value is -1.72. The lowest BCUT2D eigenvalue weighted by Crippen LogP contribution is -2.52. The van der Waals surface area contributed by atoms with E-state index in [1.54, 1.807) is 0 Å². The van der Waals surface area contributed by atoms with Gasteiger partial charge in [0, 0.05) is 36.6 Å². The van der Waals surface area contributed by atoms with Gasteiger partial charge in [-0.25, -0.2) is 4.98 Å². The molecule has 1 amide bonds. The van der Waals surface area contributed by atoms with Crippen molar-refractivity contribution in [2.75, 3.05) is 19.6 Å². The Morgan fingerprint density at radius 2 is 2.09 bits per heavy atom. The van der Waals surface area contributed by atoms with Crippen LogP contribution < -0.4 is 5.32 Å². The number of nitrogens with zero attached hydrogens (tertiary/aromatic N) is 2. The average molecular weight is 329 g/mol. The molecular weight excluding hydrogens is 306 g/mol. The standard InChI is InChI=1S/C18H23N3OS/c1-12(2)14-4-6-15(7-5-14)17-20-16(11-23-17)18(22)21-9-8-19-10-13(21)3/h4-7,11-13,19H,8-10H2,1-3H3. The van der Waals surface area contributed by atoms with Gasteiger partial charge in [0.1, 0.15) is 10.7 Å². The number of nitrogens with one attached hydrogen (secondary N) is 1. The maximum absolute atomic E-state index is 12.6. The normalized spacial score (nSPS) is 18.4. The number of thiazole rings is 1. The first-order chi connectivity index (χ1) is 11.1. The Labute approximate surface area is 141 Å². The lowest BCUT2D eigenvalue weighted by atomic mass is 10.0. The van der Waals surface area contributed by atoms with Crippen LogP contribution in [0.2, 0.25) is 0 Å². The first-order valence-electron chi connectivity index (χ1n) is 8.14. The summed E-state index contributed by atoms with van der Waals surface area (Å²) in [7, 11) is 0. The van der Waals surface area contributed by atoms with Crippen LogP contribution in [0.4, 0.5) is 0 Å². The van der Waals surface area contributed by atoms with E-state index in [2.05, 4.69) is 55.3 Å². The van der Waals surface area contributed by atoms with Gasteiger partial charge >= 0.3 is 0 Å². The second-order valence-corrected chi connectivity index (χ2v) is 7.22. The molecule has 0 spiro atoms. The zero-order valence-corrected chi connectivity index (χ0v) is 14.7. The molecule has 0 saturated carbocycles.